The van der Waals surface area contributed by atoms with Crippen LogP contribution in [0.4, 0.5) is 9.52 Å². The quantitative estimate of drug-likeness (QED) is 0.668. The van der Waals surface area contributed by atoms with E-state index in [2.05, 4.69) is 20.1 Å². The third-order valence-corrected chi connectivity index (χ3v) is 5.74. The number of anilines is 1. The van der Waals surface area contributed by atoms with Crippen LogP contribution in [0.2, 0.25) is 0 Å². The van der Waals surface area contributed by atoms with E-state index < -0.39 is 5.91 Å². The number of aromatic nitrogens is 3. The zero-order chi connectivity index (χ0) is 20.2. The fraction of sp³-hybridized carbons (Fsp3) is 0.300. The lowest BCUT2D eigenvalue weighted by atomic mass is 10.1. The van der Waals surface area contributed by atoms with Crippen molar-refractivity contribution in [3.8, 4) is 5.75 Å². The highest BCUT2D eigenvalue weighted by Gasteiger charge is 2.23. The number of carbonyl (C=O) groups is 1. The van der Waals surface area contributed by atoms with Crippen molar-refractivity contribution in [3.05, 3.63) is 64.7 Å². The highest BCUT2D eigenvalue weighted by Crippen LogP contribution is 2.27. The van der Waals surface area contributed by atoms with Crippen molar-refractivity contribution in [2.45, 2.75) is 25.4 Å². The van der Waals surface area contributed by atoms with Crippen molar-refractivity contribution in [2.75, 3.05) is 18.0 Å². The number of amides is 1. The maximum absolute atomic E-state index is 13.8. The van der Waals surface area contributed by atoms with Crippen molar-refractivity contribution >= 4 is 22.4 Å². The predicted octanol–water partition coefficient (Wildman–Crippen LogP) is 2.81. The largest absolute Gasteiger partial charge is 0.490 e. The monoisotopic (exact) mass is 413 g/mol. The van der Waals surface area contributed by atoms with E-state index in [0.29, 0.717) is 17.7 Å². The number of rotatable bonds is 6. The van der Waals surface area contributed by atoms with Crippen LogP contribution in [0.5, 0.6) is 5.75 Å². The summed E-state index contributed by atoms with van der Waals surface area (Å²) in [6.07, 6.45) is 3.63. The van der Waals surface area contributed by atoms with E-state index in [9.17, 15) is 9.18 Å². The number of benzene rings is 1. The number of halogens is 1. The van der Waals surface area contributed by atoms with Gasteiger partial charge in [0, 0.05) is 44.6 Å². The molecular formula is C20H20FN5O2S. The molecule has 0 saturated carbocycles. The number of primary amides is 1. The highest BCUT2D eigenvalue weighted by molar-refractivity contribution is 7.15. The van der Waals surface area contributed by atoms with Gasteiger partial charge >= 0.3 is 0 Å². The molecule has 9 heteroatoms. The summed E-state index contributed by atoms with van der Waals surface area (Å²) in [4.78, 5) is 17.3. The zero-order valence-corrected chi connectivity index (χ0v) is 16.4. The number of pyridine rings is 1. The molecule has 1 aromatic carbocycles. The summed E-state index contributed by atoms with van der Waals surface area (Å²) in [5.74, 6) is -0.208. The lowest BCUT2D eigenvalue weighted by molar-refractivity contribution is 0.0994. The molecule has 0 spiro atoms. The lowest BCUT2D eigenvalue weighted by Gasteiger charge is -2.31. The maximum Gasteiger partial charge on any atom is 0.267 e. The van der Waals surface area contributed by atoms with Gasteiger partial charge < -0.3 is 15.4 Å². The first-order chi connectivity index (χ1) is 14.1. The lowest BCUT2D eigenvalue weighted by Crippen LogP contribution is -2.38. The average Bonchev–Trinajstić information content (AvgIpc) is 3.19. The number of nitrogens with zero attached hydrogens (tertiary/aromatic N) is 4. The van der Waals surface area contributed by atoms with Crippen LogP contribution in [0.15, 0.2) is 42.6 Å². The number of ether oxygens (including phenoxy) is 1. The van der Waals surface area contributed by atoms with Gasteiger partial charge in [0.25, 0.3) is 5.91 Å². The van der Waals surface area contributed by atoms with E-state index >= 15 is 0 Å². The minimum absolute atomic E-state index is 0.0418. The van der Waals surface area contributed by atoms with Gasteiger partial charge in [0.1, 0.15) is 28.4 Å². The van der Waals surface area contributed by atoms with Gasteiger partial charge in [0.15, 0.2) is 0 Å². The fourth-order valence-corrected chi connectivity index (χ4v) is 4.14. The third kappa shape index (κ3) is 4.68. The van der Waals surface area contributed by atoms with Crippen molar-refractivity contribution in [3.63, 3.8) is 0 Å². The molecule has 2 aromatic heterocycles. The Balaban J connectivity index is 1.33. The molecule has 1 aliphatic heterocycles. The van der Waals surface area contributed by atoms with Gasteiger partial charge in [-0.05, 0) is 17.7 Å². The predicted molar refractivity (Wildman–Crippen MR) is 108 cm³/mol. The number of hydrogen-bond acceptors (Lipinski definition) is 7. The summed E-state index contributed by atoms with van der Waals surface area (Å²) >= 11 is 1.49. The highest BCUT2D eigenvalue weighted by atomic mass is 32.1. The van der Waals surface area contributed by atoms with E-state index in [-0.39, 0.29) is 17.6 Å². The van der Waals surface area contributed by atoms with Crippen LogP contribution in [0, 0.1) is 5.82 Å². The summed E-state index contributed by atoms with van der Waals surface area (Å²) in [5.41, 5.74) is 6.07. The Hall–Kier alpha value is -3.07. The van der Waals surface area contributed by atoms with E-state index in [1.807, 2.05) is 6.07 Å². The van der Waals surface area contributed by atoms with Crippen molar-refractivity contribution in [1.82, 2.24) is 15.2 Å². The number of piperidine rings is 1. The molecule has 1 aliphatic rings. The minimum Gasteiger partial charge on any atom is -0.490 e. The molecule has 1 fully saturated rings. The Bertz CT molecular complexity index is 1000. The second kappa shape index (κ2) is 8.52. The molecular weight excluding hydrogens is 393 g/mol. The Kier molecular flexibility index (Phi) is 5.66. The summed E-state index contributed by atoms with van der Waals surface area (Å²) in [7, 11) is 0. The standard InChI is InChI=1S/C20H20FN5O2S/c21-16-4-2-1-3-13(16)11-18-24-25-20(29-18)26-9-6-14(7-10-26)28-15-5-8-23-17(12-15)19(22)27/h1-5,8,12,14H,6-7,9-11H2,(H2,22,27). The Morgan fingerprint density at radius 2 is 2.03 bits per heavy atom. The summed E-state index contributed by atoms with van der Waals surface area (Å²) in [6.45, 7) is 1.57. The first kappa shape index (κ1) is 19.3. The van der Waals surface area contributed by atoms with E-state index in [4.69, 9.17) is 10.5 Å². The second-order valence-corrected chi connectivity index (χ2v) is 7.83. The molecule has 3 aromatic rings. The molecule has 29 heavy (non-hydrogen) atoms. The minimum atomic E-state index is -0.576. The van der Waals surface area contributed by atoms with E-state index in [0.717, 1.165) is 36.1 Å². The smallest absolute Gasteiger partial charge is 0.267 e. The van der Waals surface area contributed by atoms with Crippen LogP contribution in [-0.4, -0.2) is 40.3 Å². The van der Waals surface area contributed by atoms with Gasteiger partial charge in [-0.3, -0.25) is 9.78 Å². The number of carbonyl (C=O) groups excluding carboxylic acids is 1. The molecule has 0 bridgehead atoms. The summed E-state index contributed by atoms with van der Waals surface area (Å²) in [6, 6.07) is 10.0. The average molecular weight is 413 g/mol. The fourth-order valence-electron chi connectivity index (χ4n) is 3.23. The second-order valence-electron chi connectivity index (χ2n) is 6.79. The van der Waals surface area contributed by atoms with Crippen LogP contribution in [0.1, 0.15) is 33.9 Å². The van der Waals surface area contributed by atoms with Crippen LogP contribution in [-0.2, 0) is 6.42 Å². The molecule has 0 unspecified atom stereocenters. The maximum atomic E-state index is 13.8. The summed E-state index contributed by atoms with van der Waals surface area (Å²) < 4.78 is 19.8. The van der Waals surface area contributed by atoms with E-state index in [1.165, 1.54) is 23.6 Å². The van der Waals surface area contributed by atoms with Gasteiger partial charge in [-0.15, -0.1) is 10.2 Å². The molecule has 1 saturated heterocycles. The topological polar surface area (TPSA) is 94.2 Å². The molecule has 0 atom stereocenters. The Morgan fingerprint density at radius 1 is 1.24 bits per heavy atom. The Morgan fingerprint density at radius 3 is 2.79 bits per heavy atom. The number of hydrogen-bond donors (Lipinski definition) is 1. The molecule has 3 heterocycles. The van der Waals surface area contributed by atoms with Crippen LogP contribution < -0.4 is 15.4 Å². The first-order valence-electron chi connectivity index (χ1n) is 9.32. The normalized spacial score (nSPS) is 14.7. The van der Waals surface area contributed by atoms with Gasteiger partial charge in [-0.25, -0.2) is 4.39 Å². The van der Waals surface area contributed by atoms with Crippen LogP contribution in [0.25, 0.3) is 0 Å². The van der Waals surface area contributed by atoms with Gasteiger partial charge in [-0.1, -0.05) is 29.5 Å². The van der Waals surface area contributed by atoms with Crippen LogP contribution >= 0.6 is 11.3 Å². The van der Waals surface area contributed by atoms with E-state index in [1.54, 1.807) is 24.3 Å². The third-order valence-electron chi connectivity index (χ3n) is 4.75. The zero-order valence-electron chi connectivity index (χ0n) is 15.6. The molecule has 0 aliphatic carbocycles. The van der Waals surface area contributed by atoms with Gasteiger partial charge in [-0.2, -0.15) is 0 Å². The number of nitrogens with two attached hydrogens (primary N) is 1. The van der Waals surface area contributed by atoms with Crippen molar-refractivity contribution < 1.29 is 13.9 Å². The molecule has 4 rings (SSSR count). The summed E-state index contributed by atoms with van der Waals surface area (Å²) in [5, 5.41) is 10.1. The van der Waals surface area contributed by atoms with Crippen molar-refractivity contribution in [2.24, 2.45) is 5.73 Å². The first-order valence-corrected chi connectivity index (χ1v) is 10.1. The molecule has 2 N–H and O–H groups in total. The SMILES string of the molecule is NC(=O)c1cc(OC2CCN(c3nnc(Cc4ccccc4F)s3)CC2)ccn1. The molecule has 1 amide bonds. The molecule has 0 radical (unpaired) electrons. The molecule has 150 valence electrons. The van der Waals surface area contributed by atoms with Crippen molar-refractivity contribution in [1.29, 1.82) is 0 Å². The van der Waals surface area contributed by atoms with Crippen LogP contribution in [0.3, 0.4) is 0 Å². The Labute approximate surface area is 171 Å². The van der Waals surface area contributed by atoms with Gasteiger partial charge in [0.05, 0.1) is 0 Å². The molecule has 7 nitrogen and oxygen atoms in total. The van der Waals surface area contributed by atoms with Gasteiger partial charge in [0.2, 0.25) is 5.13 Å².